The van der Waals surface area contributed by atoms with Gasteiger partial charge in [-0.3, -0.25) is 9.48 Å². The molecule has 2 amide bonds. The molecule has 3 N–H and O–H groups in total. The summed E-state index contributed by atoms with van der Waals surface area (Å²) in [4.78, 5) is 21.8. The number of amides is 2. The van der Waals surface area contributed by atoms with Crippen LogP contribution in [0.1, 0.15) is 16.1 Å². The number of aromatic nitrogens is 2. The van der Waals surface area contributed by atoms with Crippen molar-refractivity contribution in [3.63, 3.8) is 0 Å². The Kier molecular flexibility index (Phi) is 3.87. The van der Waals surface area contributed by atoms with E-state index in [2.05, 4.69) is 15.2 Å². The number of ether oxygens (including phenoxy) is 1. The van der Waals surface area contributed by atoms with E-state index in [4.69, 9.17) is 5.73 Å². The number of aryl methyl sites for hydroxylation is 2. The van der Waals surface area contributed by atoms with Crippen LogP contribution in [0.3, 0.4) is 0 Å². The van der Waals surface area contributed by atoms with Crippen molar-refractivity contribution in [2.75, 3.05) is 13.2 Å². The third kappa shape index (κ3) is 3.26. The third-order valence-corrected chi connectivity index (χ3v) is 1.89. The molecule has 7 heteroatoms. The van der Waals surface area contributed by atoms with Crippen molar-refractivity contribution in [2.24, 2.45) is 12.8 Å². The minimum Gasteiger partial charge on any atom is -0.448 e. The summed E-state index contributed by atoms with van der Waals surface area (Å²) in [7, 11) is 1.74. The van der Waals surface area contributed by atoms with Gasteiger partial charge in [0.15, 0.2) is 0 Å². The summed E-state index contributed by atoms with van der Waals surface area (Å²) in [6, 6.07) is 0. The standard InChI is InChI=1S/C9H14N4O3/c1-6-7(5-13(2)12-6)8(14)11-3-4-16-9(10)15/h5H,3-4H2,1-2H3,(H2,10,15)(H,11,14). The van der Waals surface area contributed by atoms with Crippen molar-refractivity contribution in [3.05, 3.63) is 17.5 Å². The Bertz CT molecular complexity index is 399. The molecular weight excluding hydrogens is 212 g/mol. The van der Waals surface area contributed by atoms with Crippen molar-refractivity contribution in [1.29, 1.82) is 0 Å². The fourth-order valence-electron chi connectivity index (χ4n) is 1.23. The SMILES string of the molecule is Cc1nn(C)cc1C(=O)NCCOC(N)=O. The van der Waals surface area contributed by atoms with Crippen LogP contribution in [-0.2, 0) is 11.8 Å². The first-order valence-corrected chi connectivity index (χ1v) is 4.71. The second-order valence-electron chi connectivity index (χ2n) is 3.23. The predicted octanol–water partition coefficient (Wildman–Crippen LogP) is -0.446. The van der Waals surface area contributed by atoms with Crippen LogP contribution >= 0.6 is 0 Å². The first kappa shape index (κ1) is 12.0. The van der Waals surface area contributed by atoms with Gasteiger partial charge in [-0.2, -0.15) is 5.10 Å². The van der Waals surface area contributed by atoms with E-state index >= 15 is 0 Å². The number of primary amides is 1. The Balaban J connectivity index is 2.41. The van der Waals surface area contributed by atoms with Crippen molar-refractivity contribution in [3.8, 4) is 0 Å². The van der Waals surface area contributed by atoms with Gasteiger partial charge in [0.2, 0.25) is 0 Å². The molecule has 0 spiro atoms. The summed E-state index contributed by atoms with van der Waals surface area (Å²) in [6.45, 7) is 2.02. The maximum Gasteiger partial charge on any atom is 0.404 e. The van der Waals surface area contributed by atoms with E-state index in [1.807, 2.05) is 0 Å². The van der Waals surface area contributed by atoms with Gasteiger partial charge in [-0.15, -0.1) is 0 Å². The molecule has 0 atom stereocenters. The molecule has 0 aromatic carbocycles. The quantitative estimate of drug-likeness (QED) is 0.679. The average Bonchev–Trinajstić information content (AvgIpc) is 2.52. The monoisotopic (exact) mass is 226 g/mol. The zero-order valence-corrected chi connectivity index (χ0v) is 9.19. The van der Waals surface area contributed by atoms with Crippen molar-refractivity contribution < 1.29 is 14.3 Å². The Hall–Kier alpha value is -2.05. The first-order chi connectivity index (χ1) is 7.50. The van der Waals surface area contributed by atoms with Gasteiger partial charge in [0.05, 0.1) is 17.8 Å². The number of nitrogens with two attached hydrogens (primary N) is 1. The summed E-state index contributed by atoms with van der Waals surface area (Å²) in [6.07, 6.45) is 0.770. The summed E-state index contributed by atoms with van der Waals surface area (Å²) in [5.74, 6) is -0.251. The number of nitrogens with zero attached hydrogens (tertiary/aromatic N) is 2. The lowest BCUT2D eigenvalue weighted by atomic mass is 10.2. The highest BCUT2D eigenvalue weighted by Gasteiger charge is 2.11. The summed E-state index contributed by atoms with van der Waals surface area (Å²) in [5, 5.41) is 6.62. The molecule has 0 radical (unpaired) electrons. The zero-order chi connectivity index (χ0) is 12.1. The minimum atomic E-state index is -0.855. The highest BCUT2D eigenvalue weighted by molar-refractivity contribution is 5.94. The number of carbonyl (C=O) groups excluding carboxylic acids is 2. The lowest BCUT2D eigenvalue weighted by Crippen LogP contribution is -2.29. The molecule has 0 fully saturated rings. The lowest BCUT2D eigenvalue weighted by molar-refractivity contribution is 0.0936. The van der Waals surface area contributed by atoms with Crippen LogP contribution < -0.4 is 11.1 Å². The normalized spacial score (nSPS) is 9.88. The van der Waals surface area contributed by atoms with E-state index in [1.54, 1.807) is 24.9 Å². The second kappa shape index (κ2) is 5.15. The first-order valence-electron chi connectivity index (χ1n) is 4.71. The molecule has 1 heterocycles. The summed E-state index contributed by atoms with van der Waals surface area (Å²) in [5.41, 5.74) is 5.91. The molecule has 1 rings (SSSR count). The average molecular weight is 226 g/mol. The highest BCUT2D eigenvalue weighted by atomic mass is 16.5. The molecule has 1 aromatic heterocycles. The largest absolute Gasteiger partial charge is 0.448 e. The van der Waals surface area contributed by atoms with E-state index in [1.165, 1.54) is 0 Å². The Morgan fingerprint density at radius 2 is 2.31 bits per heavy atom. The lowest BCUT2D eigenvalue weighted by Gasteiger charge is -2.03. The highest BCUT2D eigenvalue weighted by Crippen LogP contribution is 2.03. The third-order valence-electron chi connectivity index (χ3n) is 1.89. The van der Waals surface area contributed by atoms with Crippen LogP contribution in [0.4, 0.5) is 4.79 Å². The van der Waals surface area contributed by atoms with Gasteiger partial charge < -0.3 is 15.8 Å². The topological polar surface area (TPSA) is 99.2 Å². The van der Waals surface area contributed by atoms with Gasteiger partial charge in [-0.1, -0.05) is 0 Å². The molecule has 0 saturated carbocycles. The molecule has 16 heavy (non-hydrogen) atoms. The van der Waals surface area contributed by atoms with Crippen LogP contribution in [0.5, 0.6) is 0 Å². The van der Waals surface area contributed by atoms with E-state index in [9.17, 15) is 9.59 Å². The van der Waals surface area contributed by atoms with Crippen molar-refractivity contribution >= 4 is 12.0 Å². The van der Waals surface area contributed by atoms with Crippen molar-refractivity contribution in [1.82, 2.24) is 15.1 Å². The molecule has 0 saturated heterocycles. The van der Waals surface area contributed by atoms with Gasteiger partial charge in [-0.25, -0.2) is 4.79 Å². The molecular formula is C9H14N4O3. The van der Waals surface area contributed by atoms with Crippen LogP contribution in [0.25, 0.3) is 0 Å². The second-order valence-corrected chi connectivity index (χ2v) is 3.23. The fraction of sp³-hybridized carbons (Fsp3) is 0.444. The molecule has 0 aliphatic rings. The molecule has 1 aromatic rings. The summed E-state index contributed by atoms with van der Waals surface area (Å²) < 4.78 is 6.03. The maximum absolute atomic E-state index is 11.6. The van der Waals surface area contributed by atoms with Crippen LogP contribution in [0.2, 0.25) is 0 Å². The molecule has 0 aliphatic heterocycles. The predicted molar refractivity (Wildman–Crippen MR) is 55.8 cm³/mol. The van der Waals surface area contributed by atoms with E-state index in [0.29, 0.717) is 11.3 Å². The number of hydrogen-bond acceptors (Lipinski definition) is 4. The minimum absolute atomic E-state index is 0.0559. The molecule has 0 unspecified atom stereocenters. The number of carbonyl (C=O) groups is 2. The van der Waals surface area contributed by atoms with Crippen molar-refractivity contribution in [2.45, 2.75) is 6.92 Å². The van der Waals surface area contributed by atoms with Gasteiger partial charge in [0, 0.05) is 13.2 Å². The van der Waals surface area contributed by atoms with E-state index in [-0.39, 0.29) is 19.1 Å². The smallest absolute Gasteiger partial charge is 0.404 e. The van der Waals surface area contributed by atoms with Crippen LogP contribution in [0, 0.1) is 6.92 Å². The molecule has 0 aliphatic carbocycles. The fourth-order valence-corrected chi connectivity index (χ4v) is 1.23. The Morgan fingerprint density at radius 3 is 2.81 bits per heavy atom. The van der Waals surface area contributed by atoms with Crippen LogP contribution in [-0.4, -0.2) is 34.9 Å². The van der Waals surface area contributed by atoms with Gasteiger partial charge in [0.25, 0.3) is 5.91 Å². The van der Waals surface area contributed by atoms with Gasteiger partial charge in [-0.05, 0) is 6.92 Å². The van der Waals surface area contributed by atoms with Crippen LogP contribution in [0.15, 0.2) is 6.20 Å². The molecule has 7 nitrogen and oxygen atoms in total. The number of hydrogen-bond donors (Lipinski definition) is 2. The number of nitrogens with one attached hydrogen (secondary N) is 1. The number of rotatable bonds is 4. The summed E-state index contributed by atoms with van der Waals surface area (Å²) >= 11 is 0. The van der Waals surface area contributed by atoms with Gasteiger partial charge in [0.1, 0.15) is 6.61 Å². The molecule has 88 valence electrons. The Labute approximate surface area is 92.6 Å². The Morgan fingerprint density at radius 1 is 1.62 bits per heavy atom. The van der Waals surface area contributed by atoms with Gasteiger partial charge >= 0.3 is 6.09 Å². The maximum atomic E-state index is 11.6. The molecule has 0 bridgehead atoms. The van der Waals surface area contributed by atoms with E-state index < -0.39 is 6.09 Å². The van der Waals surface area contributed by atoms with E-state index in [0.717, 1.165) is 0 Å². The zero-order valence-electron chi connectivity index (χ0n) is 9.19.